The number of methoxy groups -OCH3 is 2. The molecule has 0 saturated carbocycles. The van der Waals surface area contributed by atoms with Crippen LogP contribution in [0.25, 0.3) is 11.1 Å². The highest BCUT2D eigenvalue weighted by Gasteiger charge is 2.26. The molecule has 0 atom stereocenters. The largest absolute Gasteiger partial charge is 0.497 e. The van der Waals surface area contributed by atoms with Gasteiger partial charge in [0.05, 0.1) is 26.7 Å². The van der Waals surface area contributed by atoms with E-state index in [4.69, 9.17) is 14.2 Å². The van der Waals surface area contributed by atoms with Gasteiger partial charge in [0.1, 0.15) is 11.5 Å². The maximum Gasteiger partial charge on any atom is 0.309 e. The fraction of sp³-hybridized carbons (Fsp3) is 0.455. The van der Waals surface area contributed by atoms with E-state index in [2.05, 4.69) is 16.0 Å². The number of carbonyl (C=O) groups is 1. The molecule has 28 heavy (non-hydrogen) atoms. The number of esters is 1. The standard InChI is InChI=1S/C22H28N2O4/c1-4-28-22(25)17-7-9-24(10-8-17)15-16-11-18(14-23-13-16)20-12-19(26-2)5-6-21(20)27-3/h5-6,11-14,17H,4,7-10,15H2,1-3H3. The summed E-state index contributed by atoms with van der Waals surface area (Å²) in [5.41, 5.74) is 3.09. The molecule has 1 aliphatic heterocycles. The summed E-state index contributed by atoms with van der Waals surface area (Å²) in [6.07, 6.45) is 5.42. The molecule has 0 aliphatic carbocycles. The molecule has 0 spiro atoms. The van der Waals surface area contributed by atoms with Crippen LogP contribution in [0.3, 0.4) is 0 Å². The molecule has 0 radical (unpaired) electrons. The van der Waals surface area contributed by atoms with Crippen molar-refractivity contribution < 1.29 is 19.0 Å². The molecule has 2 heterocycles. The summed E-state index contributed by atoms with van der Waals surface area (Å²) in [5.74, 6) is 1.54. The Kier molecular flexibility index (Phi) is 6.87. The van der Waals surface area contributed by atoms with Crippen molar-refractivity contribution >= 4 is 5.97 Å². The number of pyridine rings is 1. The van der Waals surface area contributed by atoms with Crippen molar-refractivity contribution in [3.05, 3.63) is 42.2 Å². The predicted octanol–water partition coefficient (Wildman–Crippen LogP) is 3.54. The minimum Gasteiger partial charge on any atom is -0.497 e. The van der Waals surface area contributed by atoms with E-state index in [0.29, 0.717) is 6.61 Å². The first kappa shape index (κ1) is 20.1. The Morgan fingerprint density at radius 3 is 2.61 bits per heavy atom. The Balaban J connectivity index is 1.69. The van der Waals surface area contributed by atoms with Crippen molar-refractivity contribution in [2.75, 3.05) is 33.9 Å². The zero-order valence-corrected chi connectivity index (χ0v) is 16.8. The molecule has 3 rings (SSSR count). The quantitative estimate of drug-likeness (QED) is 0.681. The van der Waals surface area contributed by atoms with Crippen molar-refractivity contribution in [3.8, 4) is 22.6 Å². The Morgan fingerprint density at radius 1 is 1.14 bits per heavy atom. The molecule has 150 valence electrons. The molecule has 0 amide bonds. The first-order valence-electron chi connectivity index (χ1n) is 9.70. The normalized spacial score (nSPS) is 15.2. The number of aromatic nitrogens is 1. The summed E-state index contributed by atoms with van der Waals surface area (Å²) in [4.78, 5) is 18.7. The van der Waals surface area contributed by atoms with Crippen LogP contribution in [0.1, 0.15) is 25.3 Å². The van der Waals surface area contributed by atoms with Crippen molar-refractivity contribution in [2.24, 2.45) is 5.92 Å². The number of rotatable bonds is 7. The number of hydrogen-bond acceptors (Lipinski definition) is 6. The zero-order valence-electron chi connectivity index (χ0n) is 16.8. The van der Waals surface area contributed by atoms with Crippen molar-refractivity contribution in [1.82, 2.24) is 9.88 Å². The lowest BCUT2D eigenvalue weighted by Gasteiger charge is -2.30. The average Bonchev–Trinajstić information content (AvgIpc) is 2.74. The van der Waals surface area contributed by atoms with Crippen LogP contribution in [0.15, 0.2) is 36.7 Å². The highest BCUT2D eigenvalue weighted by molar-refractivity contribution is 5.73. The molecule has 1 aliphatic rings. The van der Waals surface area contributed by atoms with Crippen LogP contribution in [0.4, 0.5) is 0 Å². The van der Waals surface area contributed by atoms with Crippen LogP contribution in [0.5, 0.6) is 11.5 Å². The van der Waals surface area contributed by atoms with Gasteiger partial charge in [-0.1, -0.05) is 0 Å². The summed E-state index contributed by atoms with van der Waals surface area (Å²) in [7, 11) is 3.32. The zero-order chi connectivity index (χ0) is 19.9. The van der Waals surface area contributed by atoms with E-state index in [1.165, 1.54) is 0 Å². The number of piperidine rings is 1. The summed E-state index contributed by atoms with van der Waals surface area (Å²) in [6, 6.07) is 7.89. The van der Waals surface area contributed by atoms with Crippen LogP contribution in [-0.4, -0.2) is 49.8 Å². The molecule has 6 heteroatoms. The monoisotopic (exact) mass is 384 g/mol. The average molecular weight is 384 g/mol. The fourth-order valence-electron chi connectivity index (χ4n) is 3.61. The van der Waals surface area contributed by atoms with E-state index in [1.807, 2.05) is 37.5 Å². The van der Waals surface area contributed by atoms with Crippen molar-refractivity contribution in [1.29, 1.82) is 0 Å². The number of ether oxygens (including phenoxy) is 3. The van der Waals surface area contributed by atoms with Gasteiger partial charge in [0, 0.05) is 30.1 Å². The third-order valence-corrected chi connectivity index (χ3v) is 5.13. The number of benzene rings is 1. The van der Waals surface area contributed by atoms with Gasteiger partial charge in [0.15, 0.2) is 0 Å². The highest BCUT2D eigenvalue weighted by atomic mass is 16.5. The van der Waals surface area contributed by atoms with E-state index < -0.39 is 0 Å². The molecule has 1 saturated heterocycles. The molecule has 1 aromatic carbocycles. The van der Waals surface area contributed by atoms with Gasteiger partial charge in [-0.3, -0.25) is 14.7 Å². The van der Waals surface area contributed by atoms with Gasteiger partial charge in [-0.25, -0.2) is 0 Å². The Morgan fingerprint density at radius 2 is 1.93 bits per heavy atom. The molecule has 0 unspecified atom stereocenters. The third-order valence-electron chi connectivity index (χ3n) is 5.13. The lowest BCUT2D eigenvalue weighted by atomic mass is 9.96. The summed E-state index contributed by atoms with van der Waals surface area (Å²) >= 11 is 0. The van der Waals surface area contributed by atoms with E-state index in [0.717, 1.165) is 60.7 Å². The predicted molar refractivity (Wildman–Crippen MR) is 107 cm³/mol. The van der Waals surface area contributed by atoms with Crippen molar-refractivity contribution in [2.45, 2.75) is 26.3 Å². The number of hydrogen-bond donors (Lipinski definition) is 0. The Bertz CT molecular complexity index is 801. The van der Waals surface area contributed by atoms with Crippen LogP contribution < -0.4 is 9.47 Å². The summed E-state index contributed by atoms with van der Waals surface area (Å²) < 4.78 is 16.0. The number of likely N-dealkylation sites (tertiary alicyclic amines) is 1. The van der Waals surface area contributed by atoms with Gasteiger partial charge in [0.2, 0.25) is 0 Å². The van der Waals surface area contributed by atoms with E-state index in [1.54, 1.807) is 14.2 Å². The molecular formula is C22H28N2O4. The smallest absolute Gasteiger partial charge is 0.309 e. The van der Waals surface area contributed by atoms with Gasteiger partial charge < -0.3 is 14.2 Å². The van der Waals surface area contributed by atoms with Crippen LogP contribution in [0.2, 0.25) is 0 Å². The lowest BCUT2D eigenvalue weighted by Crippen LogP contribution is -2.36. The van der Waals surface area contributed by atoms with Gasteiger partial charge in [-0.15, -0.1) is 0 Å². The second-order valence-corrected chi connectivity index (χ2v) is 6.95. The first-order chi connectivity index (χ1) is 13.6. The molecular weight excluding hydrogens is 356 g/mol. The first-order valence-corrected chi connectivity index (χ1v) is 9.70. The van der Waals surface area contributed by atoms with Crippen molar-refractivity contribution in [3.63, 3.8) is 0 Å². The SMILES string of the molecule is CCOC(=O)C1CCN(Cc2cncc(-c3cc(OC)ccc3OC)c2)CC1. The Labute approximate surface area is 166 Å². The van der Waals surface area contributed by atoms with E-state index in [-0.39, 0.29) is 11.9 Å². The summed E-state index contributed by atoms with van der Waals surface area (Å²) in [5, 5.41) is 0. The summed E-state index contributed by atoms with van der Waals surface area (Å²) in [6.45, 7) is 4.88. The van der Waals surface area contributed by atoms with E-state index >= 15 is 0 Å². The maximum atomic E-state index is 11.9. The van der Waals surface area contributed by atoms with Crippen LogP contribution in [0, 0.1) is 5.92 Å². The lowest BCUT2D eigenvalue weighted by molar-refractivity contribution is -0.149. The van der Waals surface area contributed by atoms with Crippen LogP contribution >= 0.6 is 0 Å². The number of carbonyl (C=O) groups excluding carboxylic acids is 1. The minimum absolute atomic E-state index is 0.0294. The second kappa shape index (κ2) is 9.55. The minimum atomic E-state index is -0.0593. The second-order valence-electron chi connectivity index (χ2n) is 6.95. The topological polar surface area (TPSA) is 60.9 Å². The van der Waals surface area contributed by atoms with E-state index in [9.17, 15) is 4.79 Å². The van der Waals surface area contributed by atoms with Gasteiger partial charge in [-0.2, -0.15) is 0 Å². The van der Waals surface area contributed by atoms with Gasteiger partial charge in [-0.05, 0) is 62.7 Å². The molecule has 1 fully saturated rings. The molecule has 2 aromatic rings. The molecule has 0 N–H and O–H groups in total. The molecule has 1 aromatic heterocycles. The van der Waals surface area contributed by atoms with Crippen LogP contribution in [-0.2, 0) is 16.1 Å². The van der Waals surface area contributed by atoms with Gasteiger partial charge >= 0.3 is 5.97 Å². The molecule has 6 nitrogen and oxygen atoms in total. The van der Waals surface area contributed by atoms with Gasteiger partial charge in [0.25, 0.3) is 0 Å². The Hall–Kier alpha value is -2.60. The highest BCUT2D eigenvalue weighted by Crippen LogP contribution is 2.33. The molecule has 0 bridgehead atoms. The number of nitrogens with zero attached hydrogens (tertiary/aromatic N) is 2. The third kappa shape index (κ3) is 4.81. The maximum absolute atomic E-state index is 11.9. The fourth-order valence-corrected chi connectivity index (χ4v) is 3.61.